The van der Waals surface area contributed by atoms with Crippen molar-refractivity contribution in [1.29, 1.82) is 0 Å². The van der Waals surface area contributed by atoms with Crippen LogP contribution in [0, 0.1) is 24.5 Å². The average molecular weight is 343 g/mol. The van der Waals surface area contributed by atoms with Crippen LogP contribution in [0.2, 0.25) is 0 Å². The molecule has 2 heterocycles. The van der Waals surface area contributed by atoms with Crippen LogP contribution in [0.4, 0.5) is 14.5 Å². The van der Waals surface area contributed by atoms with Crippen LogP contribution in [0.1, 0.15) is 17.7 Å². The summed E-state index contributed by atoms with van der Waals surface area (Å²) in [5, 5.41) is 10.4. The van der Waals surface area contributed by atoms with Crippen molar-refractivity contribution >= 4 is 18.1 Å². The van der Waals surface area contributed by atoms with Crippen molar-refractivity contribution < 1.29 is 8.78 Å². The number of aromatic nitrogens is 2. The molecule has 1 aromatic heterocycles. The largest absolute Gasteiger partial charge is 0.371 e. The summed E-state index contributed by atoms with van der Waals surface area (Å²) in [6.45, 7) is 5.45. The molecule has 1 unspecified atom stereocenters. The smallest absolute Gasteiger partial charge is 0.160 e. The Balaban J connectivity index is 0.00000192. The standard InChI is InChI=1S/C16H20F2N4.ClH/c1-11-13(9-20-21-11)8-19-7-12-4-5-22(10-12)14-2-3-15(17)16(18)6-14;/h2-3,6,9,12,19H,4-5,7-8,10H2,1H3,(H,20,21);1H. The highest BCUT2D eigenvalue weighted by Gasteiger charge is 2.23. The maximum absolute atomic E-state index is 13.3. The Labute approximate surface area is 140 Å². The summed E-state index contributed by atoms with van der Waals surface area (Å²) >= 11 is 0. The Morgan fingerprint density at radius 3 is 2.87 bits per heavy atom. The van der Waals surface area contributed by atoms with Gasteiger partial charge in [0.05, 0.1) is 6.20 Å². The van der Waals surface area contributed by atoms with Crippen LogP contribution in [0.5, 0.6) is 0 Å². The molecule has 0 radical (unpaired) electrons. The summed E-state index contributed by atoms with van der Waals surface area (Å²) in [4.78, 5) is 2.11. The Kier molecular flexibility index (Phi) is 5.96. The fraction of sp³-hybridized carbons (Fsp3) is 0.438. The second kappa shape index (κ2) is 7.75. The number of halogens is 3. The zero-order valence-corrected chi connectivity index (χ0v) is 13.8. The Hall–Kier alpha value is -1.66. The first-order chi connectivity index (χ1) is 10.6. The molecular formula is C16H21ClF2N4. The molecule has 4 nitrogen and oxygen atoms in total. The number of nitrogens with one attached hydrogen (secondary N) is 2. The molecule has 1 atom stereocenters. The first kappa shape index (κ1) is 17.7. The number of nitrogens with zero attached hydrogens (tertiary/aromatic N) is 2. The van der Waals surface area contributed by atoms with Crippen LogP contribution in [0.25, 0.3) is 0 Å². The van der Waals surface area contributed by atoms with E-state index in [0.717, 1.165) is 44.0 Å². The number of anilines is 1. The van der Waals surface area contributed by atoms with Crippen molar-refractivity contribution in [1.82, 2.24) is 15.5 Å². The van der Waals surface area contributed by atoms with E-state index in [9.17, 15) is 8.78 Å². The molecule has 0 bridgehead atoms. The number of benzene rings is 1. The van der Waals surface area contributed by atoms with Crippen molar-refractivity contribution in [2.45, 2.75) is 19.9 Å². The molecule has 2 N–H and O–H groups in total. The van der Waals surface area contributed by atoms with Gasteiger partial charge in [-0.25, -0.2) is 8.78 Å². The maximum Gasteiger partial charge on any atom is 0.160 e. The van der Waals surface area contributed by atoms with Crippen LogP contribution < -0.4 is 10.2 Å². The topological polar surface area (TPSA) is 44.0 Å². The Bertz CT molecular complexity index is 647. The number of aryl methyl sites for hydroxylation is 1. The molecule has 0 aliphatic carbocycles. The maximum atomic E-state index is 13.3. The van der Waals surface area contributed by atoms with Crippen LogP contribution in [-0.4, -0.2) is 29.8 Å². The minimum absolute atomic E-state index is 0. The molecule has 7 heteroatoms. The van der Waals surface area contributed by atoms with Gasteiger partial charge in [-0.05, 0) is 31.4 Å². The van der Waals surface area contributed by atoms with Gasteiger partial charge in [0.15, 0.2) is 11.6 Å². The lowest BCUT2D eigenvalue weighted by molar-refractivity contribution is 0.507. The Morgan fingerprint density at radius 2 is 2.17 bits per heavy atom. The zero-order chi connectivity index (χ0) is 15.5. The van der Waals surface area contributed by atoms with Gasteiger partial charge >= 0.3 is 0 Å². The molecule has 1 fully saturated rings. The van der Waals surface area contributed by atoms with Gasteiger partial charge in [0.1, 0.15) is 0 Å². The zero-order valence-electron chi connectivity index (χ0n) is 13.0. The number of H-pyrrole nitrogens is 1. The fourth-order valence-corrected chi connectivity index (χ4v) is 2.88. The lowest BCUT2D eigenvalue weighted by Crippen LogP contribution is -2.26. The highest BCUT2D eigenvalue weighted by Crippen LogP contribution is 2.25. The van der Waals surface area contributed by atoms with E-state index in [1.165, 1.54) is 17.7 Å². The number of rotatable bonds is 5. The molecule has 0 amide bonds. The molecule has 2 aromatic rings. The monoisotopic (exact) mass is 342 g/mol. The number of hydrogen-bond acceptors (Lipinski definition) is 3. The third-order valence-corrected chi connectivity index (χ3v) is 4.24. The van der Waals surface area contributed by atoms with Gasteiger partial charge in [0.25, 0.3) is 0 Å². The molecule has 126 valence electrons. The molecule has 1 aromatic carbocycles. The van der Waals surface area contributed by atoms with Gasteiger partial charge in [-0.15, -0.1) is 12.4 Å². The van der Waals surface area contributed by atoms with Crippen LogP contribution in [0.15, 0.2) is 24.4 Å². The van der Waals surface area contributed by atoms with E-state index in [4.69, 9.17) is 0 Å². The van der Waals surface area contributed by atoms with Crippen molar-refractivity contribution in [3.8, 4) is 0 Å². The third kappa shape index (κ3) is 4.20. The van der Waals surface area contributed by atoms with Crippen molar-refractivity contribution in [2.75, 3.05) is 24.5 Å². The van der Waals surface area contributed by atoms with Gasteiger partial charge in [0, 0.05) is 49.2 Å². The number of aromatic amines is 1. The van der Waals surface area contributed by atoms with Crippen molar-refractivity contribution in [2.24, 2.45) is 5.92 Å². The summed E-state index contributed by atoms with van der Waals surface area (Å²) < 4.78 is 26.3. The van der Waals surface area contributed by atoms with Gasteiger partial charge in [0.2, 0.25) is 0 Å². The second-order valence-electron chi connectivity index (χ2n) is 5.85. The molecule has 1 aliphatic rings. The quantitative estimate of drug-likeness (QED) is 0.877. The lowest BCUT2D eigenvalue weighted by Gasteiger charge is -2.19. The summed E-state index contributed by atoms with van der Waals surface area (Å²) in [7, 11) is 0. The van der Waals surface area contributed by atoms with E-state index < -0.39 is 11.6 Å². The van der Waals surface area contributed by atoms with Gasteiger partial charge in [-0.3, -0.25) is 5.10 Å². The average Bonchev–Trinajstić information content (AvgIpc) is 3.12. The minimum Gasteiger partial charge on any atom is -0.371 e. The molecule has 0 spiro atoms. The van der Waals surface area contributed by atoms with Gasteiger partial charge in [-0.1, -0.05) is 0 Å². The van der Waals surface area contributed by atoms with E-state index in [1.54, 1.807) is 6.07 Å². The lowest BCUT2D eigenvalue weighted by atomic mass is 10.1. The summed E-state index contributed by atoms with van der Waals surface area (Å²) in [5.41, 5.74) is 3.02. The highest BCUT2D eigenvalue weighted by atomic mass is 35.5. The number of hydrogen-bond donors (Lipinski definition) is 2. The van der Waals surface area contributed by atoms with Crippen molar-refractivity contribution in [3.63, 3.8) is 0 Å². The SMILES string of the molecule is Cc1[nH]ncc1CNCC1CCN(c2ccc(F)c(F)c2)C1.Cl. The molecule has 3 rings (SSSR count). The van der Waals surface area contributed by atoms with E-state index >= 15 is 0 Å². The first-order valence-electron chi connectivity index (χ1n) is 7.53. The molecule has 23 heavy (non-hydrogen) atoms. The molecule has 1 aliphatic heterocycles. The highest BCUT2D eigenvalue weighted by molar-refractivity contribution is 5.85. The first-order valence-corrected chi connectivity index (χ1v) is 7.53. The predicted octanol–water partition coefficient (Wildman–Crippen LogP) is 3.03. The minimum atomic E-state index is -0.795. The third-order valence-electron chi connectivity index (χ3n) is 4.24. The normalized spacial score (nSPS) is 17.3. The fourth-order valence-electron chi connectivity index (χ4n) is 2.88. The van der Waals surface area contributed by atoms with Gasteiger partial charge < -0.3 is 10.2 Å². The molecular weight excluding hydrogens is 322 g/mol. The molecule has 1 saturated heterocycles. The van der Waals surface area contributed by atoms with E-state index in [0.29, 0.717) is 5.92 Å². The summed E-state index contributed by atoms with van der Waals surface area (Å²) in [5.74, 6) is -1.06. The predicted molar refractivity (Wildman–Crippen MR) is 89.0 cm³/mol. The van der Waals surface area contributed by atoms with Crippen molar-refractivity contribution in [3.05, 3.63) is 47.3 Å². The second-order valence-corrected chi connectivity index (χ2v) is 5.85. The van der Waals surface area contributed by atoms with Crippen LogP contribution >= 0.6 is 12.4 Å². The molecule has 0 saturated carbocycles. The summed E-state index contributed by atoms with van der Waals surface area (Å²) in [6.07, 6.45) is 2.89. The van der Waals surface area contributed by atoms with Crippen LogP contribution in [0.3, 0.4) is 0 Å². The van der Waals surface area contributed by atoms with E-state index in [2.05, 4.69) is 20.4 Å². The van der Waals surface area contributed by atoms with Crippen LogP contribution in [-0.2, 0) is 6.54 Å². The Morgan fingerprint density at radius 1 is 1.35 bits per heavy atom. The van der Waals surface area contributed by atoms with E-state index in [-0.39, 0.29) is 12.4 Å². The summed E-state index contributed by atoms with van der Waals surface area (Å²) in [6, 6.07) is 4.11. The van der Waals surface area contributed by atoms with E-state index in [1.807, 2.05) is 13.1 Å². The van der Waals surface area contributed by atoms with Gasteiger partial charge in [-0.2, -0.15) is 5.10 Å².